The average molecular weight is 337 g/mol. The van der Waals surface area contributed by atoms with Gasteiger partial charge in [-0.2, -0.15) is 5.10 Å². The highest BCUT2D eigenvalue weighted by Gasteiger charge is 2.13. The van der Waals surface area contributed by atoms with E-state index >= 15 is 0 Å². The van der Waals surface area contributed by atoms with E-state index < -0.39 is 0 Å². The molecule has 0 fully saturated rings. The molecule has 0 saturated carbocycles. The first-order valence-corrected chi connectivity index (χ1v) is 7.08. The lowest BCUT2D eigenvalue weighted by Gasteiger charge is -2.10. The van der Waals surface area contributed by atoms with Crippen molar-refractivity contribution in [3.63, 3.8) is 0 Å². The third-order valence-electron chi connectivity index (χ3n) is 2.86. The number of benzene rings is 2. The van der Waals surface area contributed by atoms with Gasteiger partial charge in [0, 0.05) is 18.2 Å². The zero-order chi connectivity index (χ0) is 16.1. The van der Waals surface area contributed by atoms with Gasteiger partial charge in [0.1, 0.15) is 0 Å². The highest BCUT2D eigenvalue weighted by atomic mass is 35.5. The van der Waals surface area contributed by atoms with Crippen molar-refractivity contribution in [2.45, 2.75) is 0 Å². The Hall–Kier alpha value is -2.24. The molecule has 0 bridgehead atoms. The summed E-state index contributed by atoms with van der Waals surface area (Å²) in [5, 5.41) is 14.2. The van der Waals surface area contributed by atoms with Crippen LogP contribution in [0.2, 0.25) is 10.0 Å². The first-order chi connectivity index (χ1) is 10.5. The Balaban J connectivity index is 2.54. The fourth-order valence-electron chi connectivity index (χ4n) is 1.76. The standard InChI is InChI=1S/C15H14Cl2N4O/c1-19-15(18)21-20-13(9-5-3-2-4-6-9)10-7-11(16)14(22)12(17)8-10/h2-8,22H,1H3,(H3,18,19,21)/b20-13+. The van der Waals surface area contributed by atoms with Crippen LogP contribution in [-0.2, 0) is 0 Å². The van der Waals surface area contributed by atoms with Crippen LogP contribution in [0.3, 0.4) is 0 Å². The topological polar surface area (TPSA) is 83.0 Å². The fourth-order valence-corrected chi connectivity index (χ4v) is 2.24. The van der Waals surface area contributed by atoms with Gasteiger partial charge in [-0.3, -0.25) is 4.99 Å². The van der Waals surface area contributed by atoms with Gasteiger partial charge in [-0.25, -0.2) is 5.43 Å². The molecule has 5 nitrogen and oxygen atoms in total. The molecule has 0 atom stereocenters. The largest absolute Gasteiger partial charge is 0.505 e. The predicted molar refractivity (Wildman–Crippen MR) is 90.9 cm³/mol. The number of hydrogen-bond donors (Lipinski definition) is 3. The number of phenolic OH excluding ortho intramolecular Hbond substituents is 1. The zero-order valence-electron chi connectivity index (χ0n) is 11.7. The van der Waals surface area contributed by atoms with Crippen LogP contribution in [0, 0.1) is 0 Å². The van der Waals surface area contributed by atoms with Crippen LogP contribution in [0.25, 0.3) is 0 Å². The van der Waals surface area contributed by atoms with Crippen LogP contribution in [0.1, 0.15) is 11.1 Å². The lowest BCUT2D eigenvalue weighted by atomic mass is 10.0. The van der Waals surface area contributed by atoms with Crippen LogP contribution in [0.15, 0.2) is 52.6 Å². The van der Waals surface area contributed by atoms with Crippen molar-refractivity contribution in [1.82, 2.24) is 5.43 Å². The normalized spacial score (nSPS) is 12.3. The molecule has 114 valence electrons. The summed E-state index contributed by atoms with van der Waals surface area (Å²) < 4.78 is 0. The molecule has 2 rings (SSSR count). The number of guanidine groups is 1. The SMILES string of the molecule is CN=C(N)N/N=C(\c1ccccc1)c1cc(Cl)c(O)c(Cl)c1. The van der Waals surface area contributed by atoms with Gasteiger partial charge in [0.25, 0.3) is 0 Å². The highest BCUT2D eigenvalue weighted by Crippen LogP contribution is 2.33. The first-order valence-electron chi connectivity index (χ1n) is 6.32. The van der Waals surface area contributed by atoms with E-state index in [4.69, 9.17) is 28.9 Å². The van der Waals surface area contributed by atoms with E-state index in [1.807, 2.05) is 30.3 Å². The number of aromatic hydroxyl groups is 1. The van der Waals surface area contributed by atoms with Crippen molar-refractivity contribution in [2.75, 3.05) is 7.05 Å². The quantitative estimate of drug-likeness (QED) is 0.457. The Labute approximate surface area is 138 Å². The number of nitrogens with two attached hydrogens (primary N) is 1. The molecule has 0 heterocycles. The van der Waals surface area contributed by atoms with Gasteiger partial charge in [-0.1, -0.05) is 53.5 Å². The number of nitrogens with zero attached hydrogens (tertiary/aromatic N) is 2. The number of halogens is 2. The Kier molecular flexibility index (Phi) is 5.25. The predicted octanol–water partition coefficient (Wildman–Crippen LogP) is 2.99. The Morgan fingerprint density at radius 3 is 2.23 bits per heavy atom. The molecule has 0 amide bonds. The molecule has 0 aromatic heterocycles. The summed E-state index contributed by atoms with van der Waals surface area (Å²) in [4.78, 5) is 3.78. The minimum Gasteiger partial charge on any atom is -0.505 e. The molecule has 2 aromatic rings. The summed E-state index contributed by atoms with van der Waals surface area (Å²) in [5.41, 5.74) is 10.3. The summed E-state index contributed by atoms with van der Waals surface area (Å²) in [6.45, 7) is 0. The monoisotopic (exact) mass is 336 g/mol. The van der Waals surface area contributed by atoms with E-state index in [2.05, 4.69) is 15.5 Å². The molecule has 0 radical (unpaired) electrons. The Bertz CT molecular complexity index is 707. The minimum absolute atomic E-state index is 0.142. The molecule has 0 unspecified atom stereocenters. The number of aliphatic imine (C=N–C) groups is 1. The highest BCUT2D eigenvalue weighted by molar-refractivity contribution is 6.38. The lowest BCUT2D eigenvalue weighted by molar-refractivity contribution is 0.476. The maximum atomic E-state index is 9.68. The number of nitrogens with one attached hydrogen (secondary N) is 1. The van der Waals surface area contributed by atoms with Gasteiger partial charge in [0.2, 0.25) is 5.96 Å². The van der Waals surface area contributed by atoms with Crippen molar-refractivity contribution in [3.05, 3.63) is 63.6 Å². The van der Waals surface area contributed by atoms with E-state index in [1.54, 1.807) is 19.2 Å². The van der Waals surface area contributed by atoms with Crippen LogP contribution in [0.4, 0.5) is 0 Å². The zero-order valence-corrected chi connectivity index (χ0v) is 13.2. The fraction of sp³-hybridized carbons (Fsp3) is 0.0667. The molecule has 0 spiro atoms. The molecule has 22 heavy (non-hydrogen) atoms. The second-order valence-electron chi connectivity index (χ2n) is 4.34. The van der Waals surface area contributed by atoms with Crippen LogP contribution < -0.4 is 11.2 Å². The molecule has 0 saturated heterocycles. The summed E-state index contributed by atoms with van der Waals surface area (Å²) in [6, 6.07) is 12.6. The van der Waals surface area contributed by atoms with Gasteiger partial charge in [0.05, 0.1) is 15.8 Å². The number of rotatable bonds is 3. The van der Waals surface area contributed by atoms with Crippen molar-refractivity contribution in [1.29, 1.82) is 0 Å². The third-order valence-corrected chi connectivity index (χ3v) is 3.44. The molecule has 0 aliphatic rings. The van der Waals surface area contributed by atoms with Crippen molar-refractivity contribution in [3.8, 4) is 5.75 Å². The van der Waals surface area contributed by atoms with Crippen LogP contribution >= 0.6 is 23.2 Å². The second-order valence-corrected chi connectivity index (χ2v) is 5.15. The molecule has 4 N–H and O–H groups in total. The number of hydrazone groups is 1. The summed E-state index contributed by atoms with van der Waals surface area (Å²) >= 11 is 12.0. The van der Waals surface area contributed by atoms with Crippen molar-refractivity contribution < 1.29 is 5.11 Å². The first kappa shape index (κ1) is 16.1. The Morgan fingerprint density at radius 1 is 1.09 bits per heavy atom. The number of phenols is 1. The summed E-state index contributed by atoms with van der Waals surface area (Å²) in [6.07, 6.45) is 0. The molecular weight excluding hydrogens is 323 g/mol. The van der Waals surface area contributed by atoms with Crippen molar-refractivity contribution >= 4 is 34.9 Å². The van der Waals surface area contributed by atoms with E-state index in [1.165, 1.54) is 0 Å². The van der Waals surface area contributed by atoms with Crippen LogP contribution in [-0.4, -0.2) is 23.8 Å². The second kappa shape index (κ2) is 7.15. The van der Waals surface area contributed by atoms with Gasteiger partial charge in [-0.05, 0) is 12.1 Å². The smallest absolute Gasteiger partial charge is 0.209 e. The van der Waals surface area contributed by atoms with E-state index in [0.717, 1.165) is 5.56 Å². The van der Waals surface area contributed by atoms with Crippen LogP contribution in [0.5, 0.6) is 5.75 Å². The number of hydrogen-bond acceptors (Lipinski definition) is 3. The van der Waals surface area contributed by atoms with E-state index in [9.17, 15) is 5.11 Å². The molecule has 2 aromatic carbocycles. The maximum absolute atomic E-state index is 9.68. The lowest BCUT2D eigenvalue weighted by Crippen LogP contribution is -2.28. The summed E-state index contributed by atoms with van der Waals surface area (Å²) in [7, 11) is 1.55. The van der Waals surface area contributed by atoms with Gasteiger partial charge in [-0.15, -0.1) is 0 Å². The van der Waals surface area contributed by atoms with Gasteiger partial charge >= 0.3 is 0 Å². The maximum Gasteiger partial charge on any atom is 0.209 e. The van der Waals surface area contributed by atoms with Crippen molar-refractivity contribution in [2.24, 2.45) is 15.8 Å². The third kappa shape index (κ3) is 3.69. The molecule has 0 aliphatic heterocycles. The van der Waals surface area contributed by atoms with Gasteiger partial charge < -0.3 is 10.8 Å². The summed E-state index contributed by atoms with van der Waals surface area (Å²) in [5.74, 6) is 0.00601. The molecule has 7 heteroatoms. The molecular formula is C15H14Cl2N4O. The minimum atomic E-state index is -0.165. The average Bonchev–Trinajstić information content (AvgIpc) is 2.53. The Morgan fingerprint density at radius 2 is 1.68 bits per heavy atom. The van der Waals surface area contributed by atoms with E-state index in [-0.39, 0.29) is 21.8 Å². The van der Waals surface area contributed by atoms with E-state index in [0.29, 0.717) is 11.3 Å². The molecule has 0 aliphatic carbocycles. The van der Waals surface area contributed by atoms with Gasteiger partial charge in [0.15, 0.2) is 5.75 Å².